The third kappa shape index (κ3) is 4.79. The van der Waals surface area contributed by atoms with Gasteiger partial charge in [-0.3, -0.25) is 0 Å². The molecule has 0 radical (unpaired) electrons. The maximum absolute atomic E-state index is 13.9. The van der Waals surface area contributed by atoms with Crippen molar-refractivity contribution in [2.24, 2.45) is 0 Å². The van der Waals surface area contributed by atoms with Crippen molar-refractivity contribution < 1.29 is 21.6 Å². The van der Waals surface area contributed by atoms with E-state index >= 15 is 0 Å². The van der Waals surface area contributed by atoms with Crippen molar-refractivity contribution in [1.82, 2.24) is 7.94 Å². The van der Waals surface area contributed by atoms with Gasteiger partial charge in [-0.2, -0.15) is 0 Å². The molecule has 7 nitrogen and oxygen atoms in total. The lowest BCUT2D eigenvalue weighted by Crippen LogP contribution is -2.11. The second kappa shape index (κ2) is 11.0. The standard InChI is InChI=1S/C37H30N2O5S2/c1-25-12-17-28(18-13-25)45(40,41)38-23-33(30-8-4-6-10-35(30)38)27-16-21-37(44-3)32(22-27)34-24-39(36-11-7-5-9-31(34)36)46(42,43)29-19-14-26(2)15-20-29/h4-24H,1-3H3. The van der Waals surface area contributed by atoms with E-state index in [1.165, 1.54) is 7.94 Å². The molecule has 0 unspecified atom stereocenters. The van der Waals surface area contributed by atoms with E-state index in [0.29, 0.717) is 33.5 Å². The quantitative estimate of drug-likeness (QED) is 0.175. The van der Waals surface area contributed by atoms with Crippen LogP contribution in [-0.2, 0) is 20.0 Å². The highest BCUT2D eigenvalue weighted by atomic mass is 32.2. The van der Waals surface area contributed by atoms with Crippen molar-refractivity contribution in [2.45, 2.75) is 23.6 Å². The minimum absolute atomic E-state index is 0.189. The first-order valence-corrected chi connectivity index (χ1v) is 17.5. The first kappa shape index (κ1) is 29.6. The summed E-state index contributed by atoms with van der Waals surface area (Å²) in [5, 5.41) is 1.50. The smallest absolute Gasteiger partial charge is 0.268 e. The van der Waals surface area contributed by atoms with Gasteiger partial charge < -0.3 is 4.74 Å². The number of ether oxygens (including phenoxy) is 1. The van der Waals surface area contributed by atoms with E-state index in [9.17, 15) is 16.8 Å². The highest BCUT2D eigenvalue weighted by molar-refractivity contribution is 7.90. The molecule has 0 fully saturated rings. The summed E-state index contributed by atoms with van der Waals surface area (Å²) < 4.78 is 63.9. The van der Waals surface area contributed by atoms with E-state index < -0.39 is 20.0 Å². The Hall–Kier alpha value is -5.12. The number of aryl methyl sites for hydroxylation is 2. The van der Waals surface area contributed by atoms with Crippen molar-refractivity contribution in [3.05, 3.63) is 139 Å². The largest absolute Gasteiger partial charge is 0.496 e. The molecular formula is C37H30N2O5S2. The number of hydrogen-bond donors (Lipinski definition) is 0. The van der Waals surface area contributed by atoms with E-state index in [0.717, 1.165) is 27.5 Å². The topological polar surface area (TPSA) is 87.4 Å². The lowest BCUT2D eigenvalue weighted by Gasteiger charge is -2.11. The molecule has 46 heavy (non-hydrogen) atoms. The molecule has 0 N–H and O–H groups in total. The molecule has 0 atom stereocenters. The number of benzene rings is 5. The minimum Gasteiger partial charge on any atom is -0.496 e. The Morgan fingerprint density at radius 3 is 1.48 bits per heavy atom. The summed E-state index contributed by atoms with van der Waals surface area (Å²) in [5.41, 5.74) is 5.83. The molecule has 0 amide bonds. The zero-order valence-electron chi connectivity index (χ0n) is 25.4. The summed E-state index contributed by atoms with van der Waals surface area (Å²) in [6.07, 6.45) is 3.28. The van der Waals surface area contributed by atoms with Crippen LogP contribution in [0.3, 0.4) is 0 Å². The van der Waals surface area contributed by atoms with E-state index in [2.05, 4.69) is 0 Å². The van der Waals surface area contributed by atoms with Crippen molar-refractivity contribution in [2.75, 3.05) is 7.11 Å². The van der Waals surface area contributed by atoms with Gasteiger partial charge in [0.25, 0.3) is 20.0 Å². The molecule has 0 aliphatic heterocycles. The van der Waals surface area contributed by atoms with Gasteiger partial charge in [0.2, 0.25) is 0 Å². The summed E-state index contributed by atoms with van der Waals surface area (Å²) in [6.45, 7) is 3.82. The van der Waals surface area contributed by atoms with Crippen molar-refractivity contribution in [1.29, 1.82) is 0 Å². The first-order valence-electron chi connectivity index (χ1n) is 14.6. The lowest BCUT2D eigenvalue weighted by molar-refractivity contribution is 0.416. The molecule has 7 rings (SSSR count). The molecule has 230 valence electrons. The van der Waals surface area contributed by atoms with Gasteiger partial charge >= 0.3 is 0 Å². The molecule has 9 heteroatoms. The second-order valence-corrected chi connectivity index (χ2v) is 14.9. The number of methoxy groups -OCH3 is 1. The number of para-hydroxylation sites is 2. The molecule has 2 heterocycles. The van der Waals surface area contributed by atoms with Crippen LogP contribution in [0.15, 0.2) is 137 Å². The van der Waals surface area contributed by atoms with Crippen molar-refractivity contribution >= 4 is 41.9 Å². The lowest BCUT2D eigenvalue weighted by atomic mass is 9.97. The van der Waals surface area contributed by atoms with Gasteiger partial charge in [0.1, 0.15) is 5.75 Å². The predicted octanol–water partition coefficient (Wildman–Crippen LogP) is 8.03. The average Bonchev–Trinajstić information content (AvgIpc) is 3.65. The van der Waals surface area contributed by atoms with Crippen LogP contribution in [0.25, 0.3) is 44.1 Å². The number of aromatic nitrogens is 2. The molecule has 5 aromatic carbocycles. The number of nitrogens with zero attached hydrogens (tertiary/aromatic N) is 2. The highest BCUT2D eigenvalue weighted by Gasteiger charge is 2.25. The van der Waals surface area contributed by atoms with Crippen LogP contribution in [0.5, 0.6) is 5.75 Å². The van der Waals surface area contributed by atoms with Crippen LogP contribution in [-0.4, -0.2) is 31.9 Å². The summed E-state index contributed by atoms with van der Waals surface area (Å²) in [4.78, 5) is 0.386. The normalized spacial score (nSPS) is 12.2. The highest BCUT2D eigenvalue weighted by Crippen LogP contribution is 2.42. The molecular weight excluding hydrogens is 617 g/mol. The molecule has 2 aromatic heterocycles. The van der Waals surface area contributed by atoms with Crippen LogP contribution in [0.1, 0.15) is 11.1 Å². The average molecular weight is 647 g/mol. The van der Waals surface area contributed by atoms with E-state index in [1.54, 1.807) is 80.2 Å². The van der Waals surface area contributed by atoms with E-state index in [-0.39, 0.29) is 9.79 Å². The van der Waals surface area contributed by atoms with E-state index in [1.807, 2.05) is 68.4 Å². The number of rotatable bonds is 7. The van der Waals surface area contributed by atoms with Gasteiger partial charge in [-0.1, -0.05) is 77.9 Å². The third-order valence-electron chi connectivity index (χ3n) is 8.31. The number of hydrogen-bond acceptors (Lipinski definition) is 5. The van der Waals surface area contributed by atoms with Gasteiger partial charge in [-0.15, -0.1) is 0 Å². The van der Waals surface area contributed by atoms with Crippen LogP contribution in [0.2, 0.25) is 0 Å². The fourth-order valence-electron chi connectivity index (χ4n) is 5.88. The Labute approximate surface area is 268 Å². The maximum atomic E-state index is 13.9. The zero-order valence-corrected chi connectivity index (χ0v) is 27.0. The minimum atomic E-state index is -3.92. The first-order chi connectivity index (χ1) is 22.1. The Kier molecular flexibility index (Phi) is 7.10. The van der Waals surface area contributed by atoms with E-state index in [4.69, 9.17) is 4.74 Å². The second-order valence-electron chi connectivity index (χ2n) is 11.3. The van der Waals surface area contributed by atoms with Crippen LogP contribution < -0.4 is 4.74 Å². The molecule has 0 spiro atoms. The maximum Gasteiger partial charge on any atom is 0.268 e. The fourth-order valence-corrected chi connectivity index (χ4v) is 8.61. The summed E-state index contributed by atoms with van der Waals surface area (Å²) in [7, 11) is -6.24. The van der Waals surface area contributed by atoms with Crippen molar-refractivity contribution in [3.8, 4) is 28.0 Å². The summed E-state index contributed by atoms with van der Waals surface area (Å²) in [6, 6.07) is 33.9. The van der Waals surface area contributed by atoms with Crippen LogP contribution in [0.4, 0.5) is 0 Å². The summed E-state index contributed by atoms with van der Waals surface area (Å²) >= 11 is 0. The third-order valence-corrected chi connectivity index (χ3v) is 11.7. The van der Waals surface area contributed by atoms with Gasteiger partial charge in [0, 0.05) is 39.9 Å². The number of fused-ring (bicyclic) bond motifs is 2. The fraction of sp³-hybridized carbons (Fsp3) is 0.0811. The Balaban J connectivity index is 1.43. The van der Waals surface area contributed by atoms with Gasteiger partial charge in [-0.05, 0) is 67.9 Å². The van der Waals surface area contributed by atoms with Gasteiger partial charge in [0.05, 0.1) is 27.9 Å². The van der Waals surface area contributed by atoms with Crippen molar-refractivity contribution in [3.63, 3.8) is 0 Å². The summed E-state index contributed by atoms with van der Waals surface area (Å²) in [5.74, 6) is 0.551. The molecule has 0 saturated carbocycles. The molecule has 0 aliphatic carbocycles. The van der Waals surface area contributed by atoms with Crippen LogP contribution >= 0.6 is 0 Å². The zero-order chi connectivity index (χ0) is 32.2. The Morgan fingerprint density at radius 1 is 0.522 bits per heavy atom. The Bertz CT molecular complexity index is 2490. The monoisotopic (exact) mass is 646 g/mol. The molecule has 0 aliphatic rings. The molecule has 7 aromatic rings. The SMILES string of the molecule is COc1ccc(-c2cn(S(=O)(=O)c3ccc(C)cc3)c3ccccc23)cc1-c1cn(S(=O)(=O)c2ccc(C)cc2)c2ccccc12. The Morgan fingerprint density at radius 2 is 0.978 bits per heavy atom. The molecule has 0 saturated heterocycles. The molecule has 0 bridgehead atoms. The van der Waals surface area contributed by atoms with Gasteiger partial charge in [-0.25, -0.2) is 24.8 Å². The van der Waals surface area contributed by atoms with Gasteiger partial charge in [0.15, 0.2) is 0 Å². The van der Waals surface area contributed by atoms with Crippen LogP contribution in [0, 0.1) is 13.8 Å². The predicted molar refractivity (Wildman–Crippen MR) is 182 cm³/mol.